The maximum Gasteiger partial charge on any atom is 0.222 e. The topological polar surface area (TPSA) is 29.5 Å². The van der Waals surface area contributed by atoms with Gasteiger partial charge in [-0.1, -0.05) is 39.0 Å². The van der Waals surface area contributed by atoms with E-state index in [1.807, 2.05) is 0 Å². The molecule has 0 N–H and O–H groups in total. The van der Waals surface area contributed by atoms with Crippen LogP contribution in [0.25, 0.3) is 0 Å². The summed E-state index contributed by atoms with van der Waals surface area (Å²) >= 11 is 0. The van der Waals surface area contributed by atoms with Gasteiger partial charge in [-0.15, -0.1) is 0 Å². The van der Waals surface area contributed by atoms with Crippen LogP contribution in [0.2, 0.25) is 0 Å². The van der Waals surface area contributed by atoms with Crippen molar-refractivity contribution in [3.05, 3.63) is 30.3 Å². The highest BCUT2D eigenvalue weighted by atomic mass is 16.5. The highest BCUT2D eigenvalue weighted by Crippen LogP contribution is 2.66. The second-order valence-corrected chi connectivity index (χ2v) is 11.2. The number of nitrogens with zero attached hydrogens (tertiary/aromatic N) is 1. The van der Waals surface area contributed by atoms with E-state index < -0.39 is 0 Å². The summed E-state index contributed by atoms with van der Waals surface area (Å²) in [5.41, 5.74) is 0.702. The molecule has 1 aromatic carbocycles. The number of piperidine rings is 1. The van der Waals surface area contributed by atoms with Gasteiger partial charge in [0.05, 0.1) is 6.10 Å². The smallest absolute Gasteiger partial charge is 0.222 e. The van der Waals surface area contributed by atoms with E-state index in [4.69, 9.17) is 4.74 Å². The molecule has 4 fully saturated rings. The minimum Gasteiger partial charge on any atom is -0.490 e. The lowest BCUT2D eigenvalue weighted by Crippen LogP contribution is -2.62. The van der Waals surface area contributed by atoms with Crippen LogP contribution in [-0.2, 0) is 4.79 Å². The summed E-state index contributed by atoms with van der Waals surface area (Å²) in [5, 5.41) is 0. The van der Waals surface area contributed by atoms with E-state index in [9.17, 15) is 4.79 Å². The quantitative estimate of drug-likeness (QED) is 0.658. The fourth-order valence-corrected chi connectivity index (χ4v) is 8.24. The number of rotatable bonds is 2. The Morgan fingerprint density at radius 3 is 2.59 bits per heavy atom. The van der Waals surface area contributed by atoms with Gasteiger partial charge in [0.15, 0.2) is 0 Å². The van der Waals surface area contributed by atoms with Crippen LogP contribution in [0, 0.1) is 34.5 Å². The van der Waals surface area contributed by atoms with E-state index in [1.165, 1.54) is 32.1 Å². The summed E-state index contributed by atoms with van der Waals surface area (Å²) in [6.07, 6.45) is 8.39. The van der Waals surface area contributed by atoms with Gasteiger partial charge >= 0.3 is 0 Å². The zero-order valence-corrected chi connectivity index (χ0v) is 18.6. The molecule has 3 saturated carbocycles. The van der Waals surface area contributed by atoms with Crippen molar-refractivity contribution in [2.45, 2.75) is 77.9 Å². The molecule has 8 atom stereocenters. The summed E-state index contributed by atoms with van der Waals surface area (Å²) in [4.78, 5) is 14.5. The van der Waals surface area contributed by atoms with Crippen molar-refractivity contribution in [3.63, 3.8) is 0 Å². The number of carbonyl (C=O) groups excluding carboxylic acids is 1. The summed E-state index contributed by atoms with van der Waals surface area (Å²) in [6, 6.07) is 10.8. The number of ether oxygens (including phenoxy) is 1. The molecule has 1 amide bonds. The molecule has 3 nitrogen and oxygen atoms in total. The molecule has 1 saturated heterocycles. The Kier molecular flexibility index (Phi) is 4.53. The molecule has 3 heteroatoms. The first-order valence-corrected chi connectivity index (χ1v) is 11.8. The second-order valence-electron chi connectivity index (χ2n) is 11.2. The molecule has 158 valence electrons. The van der Waals surface area contributed by atoms with Crippen LogP contribution >= 0.6 is 0 Å². The molecule has 5 rings (SSSR count). The molecular formula is C26H37NO2. The number of benzene rings is 1. The molecule has 1 aromatic rings. The number of hydrogen-bond donors (Lipinski definition) is 0. The van der Waals surface area contributed by atoms with E-state index in [-0.39, 0.29) is 0 Å². The third-order valence-corrected chi connectivity index (χ3v) is 9.71. The first-order valence-electron chi connectivity index (χ1n) is 11.8. The largest absolute Gasteiger partial charge is 0.490 e. The van der Waals surface area contributed by atoms with Gasteiger partial charge in [-0.25, -0.2) is 0 Å². The van der Waals surface area contributed by atoms with Gasteiger partial charge in [-0.05, 0) is 85.2 Å². The van der Waals surface area contributed by atoms with Crippen LogP contribution < -0.4 is 4.74 Å². The fraction of sp³-hybridized carbons (Fsp3) is 0.731. The van der Waals surface area contributed by atoms with Crippen LogP contribution in [0.15, 0.2) is 30.3 Å². The number of hydrogen-bond acceptors (Lipinski definition) is 2. The summed E-state index contributed by atoms with van der Waals surface area (Å²) < 4.78 is 6.46. The molecule has 3 aliphatic carbocycles. The Balaban J connectivity index is 1.41. The first kappa shape index (κ1) is 19.5. The third-order valence-electron chi connectivity index (χ3n) is 9.71. The van der Waals surface area contributed by atoms with E-state index >= 15 is 0 Å². The van der Waals surface area contributed by atoms with Crippen molar-refractivity contribution >= 4 is 5.91 Å². The maximum absolute atomic E-state index is 12.4. The molecule has 0 bridgehead atoms. The summed E-state index contributed by atoms with van der Waals surface area (Å²) in [7, 11) is 2.06. The van der Waals surface area contributed by atoms with Gasteiger partial charge in [0, 0.05) is 19.5 Å². The van der Waals surface area contributed by atoms with E-state index in [0.29, 0.717) is 34.8 Å². The van der Waals surface area contributed by atoms with Crippen LogP contribution in [0.3, 0.4) is 0 Å². The maximum atomic E-state index is 12.4. The SMILES string of the molecule is C[C@H]1C[C@H]2N(C)C(=O)CC[C@]2(C)[C@H]2CC[C@]3(C)C[C@@H](Oc4ccccc4)C[C@H]3C12. The number of carbonyl (C=O) groups is 1. The van der Waals surface area contributed by atoms with E-state index in [2.05, 4.69) is 63.1 Å². The average Bonchev–Trinajstić information content (AvgIpc) is 3.03. The van der Waals surface area contributed by atoms with Gasteiger partial charge in [-0.2, -0.15) is 0 Å². The number of fused-ring (bicyclic) bond motifs is 5. The summed E-state index contributed by atoms with van der Waals surface area (Å²) in [5.74, 6) is 4.35. The Morgan fingerprint density at radius 2 is 1.83 bits per heavy atom. The molecule has 29 heavy (non-hydrogen) atoms. The Morgan fingerprint density at radius 1 is 1.07 bits per heavy atom. The lowest BCUT2D eigenvalue weighted by Gasteiger charge is -2.63. The monoisotopic (exact) mass is 395 g/mol. The molecule has 0 aromatic heterocycles. The fourth-order valence-electron chi connectivity index (χ4n) is 8.24. The predicted molar refractivity (Wildman–Crippen MR) is 116 cm³/mol. The molecule has 4 aliphatic rings. The zero-order valence-electron chi connectivity index (χ0n) is 18.6. The van der Waals surface area contributed by atoms with Gasteiger partial charge in [0.25, 0.3) is 0 Å². The molecule has 1 unspecified atom stereocenters. The standard InChI is InChI=1S/C26H37NO2/c1-17-14-22-26(3,13-11-23(28)27(22)4)20-10-12-25(2)16-19(15-21(25)24(17)20)29-18-8-6-5-7-9-18/h5-9,17,19-22,24H,10-16H2,1-4H3/t17-,19-,20-,21-,22+,24?,25+,26+/m0/s1. The highest BCUT2D eigenvalue weighted by molar-refractivity contribution is 5.77. The van der Waals surface area contributed by atoms with Gasteiger partial charge in [0.2, 0.25) is 5.91 Å². The molecule has 0 spiro atoms. The number of amides is 1. The van der Waals surface area contributed by atoms with Crippen molar-refractivity contribution in [3.8, 4) is 5.75 Å². The average molecular weight is 396 g/mol. The van der Waals surface area contributed by atoms with E-state index in [1.54, 1.807) is 0 Å². The number of likely N-dealkylation sites (tertiary alicyclic amines) is 1. The van der Waals surface area contributed by atoms with Crippen molar-refractivity contribution in [2.75, 3.05) is 7.05 Å². The van der Waals surface area contributed by atoms with Crippen LogP contribution in [0.5, 0.6) is 5.75 Å². The highest BCUT2D eigenvalue weighted by Gasteiger charge is 2.62. The predicted octanol–water partition coefficient (Wildman–Crippen LogP) is 5.54. The Hall–Kier alpha value is -1.51. The molecule has 0 radical (unpaired) electrons. The van der Waals surface area contributed by atoms with Crippen molar-refractivity contribution in [1.82, 2.24) is 4.90 Å². The zero-order chi connectivity index (χ0) is 20.4. The van der Waals surface area contributed by atoms with Crippen molar-refractivity contribution in [1.29, 1.82) is 0 Å². The van der Waals surface area contributed by atoms with Gasteiger partial charge < -0.3 is 9.64 Å². The normalized spacial score (nSPS) is 46.6. The van der Waals surface area contributed by atoms with Crippen LogP contribution in [0.4, 0.5) is 0 Å². The third kappa shape index (κ3) is 2.94. The lowest BCUT2D eigenvalue weighted by atomic mass is 9.45. The van der Waals surface area contributed by atoms with Crippen molar-refractivity contribution < 1.29 is 9.53 Å². The van der Waals surface area contributed by atoms with Crippen molar-refractivity contribution in [2.24, 2.45) is 34.5 Å². The molecular weight excluding hydrogens is 358 g/mol. The number of para-hydroxylation sites is 1. The second kappa shape index (κ2) is 6.75. The minimum absolute atomic E-state index is 0.291. The first-order chi connectivity index (χ1) is 13.8. The lowest BCUT2D eigenvalue weighted by molar-refractivity contribution is -0.164. The summed E-state index contributed by atoms with van der Waals surface area (Å²) in [6.45, 7) is 7.53. The Labute approximate surface area is 176 Å². The van der Waals surface area contributed by atoms with Gasteiger partial charge in [-0.3, -0.25) is 4.79 Å². The molecule has 1 aliphatic heterocycles. The van der Waals surface area contributed by atoms with Gasteiger partial charge in [0.1, 0.15) is 5.75 Å². The Bertz CT molecular complexity index is 778. The van der Waals surface area contributed by atoms with Crippen LogP contribution in [0.1, 0.15) is 65.7 Å². The van der Waals surface area contributed by atoms with E-state index in [0.717, 1.165) is 36.3 Å². The minimum atomic E-state index is 0.291. The molecule has 1 heterocycles. The van der Waals surface area contributed by atoms with Crippen LogP contribution in [-0.4, -0.2) is 30.0 Å².